The van der Waals surface area contributed by atoms with Gasteiger partial charge in [0, 0.05) is 10.1 Å². The van der Waals surface area contributed by atoms with E-state index in [1.807, 2.05) is 11.8 Å². The van der Waals surface area contributed by atoms with Crippen molar-refractivity contribution in [3.63, 3.8) is 0 Å². The van der Waals surface area contributed by atoms with Crippen molar-refractivity contribution in [2.45, 2.75) is 36.8 Å². The summed E-state index contributed by atoms with van der Waals surface area (Å²) in [5, 5.41) is 0.644. The molecule has 0 unspecified atom stereocenters. The number of rotatable bonds is 6. The van der Waals surface area contributed by atoms with Crippen LogP contribution >= 0.6 is 11.8 Å². The zero-order valence-corrected chi connectivity index (χ0v) is 11.0. The molecule has 1 aromatic carbocycles. The topological polar surface area (TPSA) is 26.0 Å². The molecule has 0 amide bonds. The lowest BCUT2D eigenvalue weighted by atomic mass is 10.2. The van der Waals surface area contributed by atoms with Crippen LogP contribution in [0.3, 0.4) is 0 Å². The van der Waals surface area contributed by atoms with Gasteiger partial charge in [0.05, 0.1) is 0 Å². The van der Waals surface area contributed by atoms with Crippen LogP contribution in [-0.4, -0.2) is 11.8 Å². The quantitative estimate of drug-likeness (QED) is 0.597. The van der Waals surface area contributed by atoms with E-state index in [1.54, 1.807) is 0 Å². The fourth-order valence-corrected chi connectivity index (χ4v) is 2.22. The molecule has 16 heavy (non-hydrogen) atoms. The third-order valence-corrected chi connectivity index (χ3v) is 3.15. The van der Waals surface area contributed by atoms with Crippen molar-refractivity contribution in [2.75, 3.05) is 6.54 Å². The lowest BCUT2D eigenvalue weighted by Crippen LogP contribution is -1.96. The van der Waals surface area contributed by atoms with Crippen molar-refractivity contribution in [1.29, 1.82) is 0 Å². The van der Waals surface area contributed by atoms with E-state index < -0.39 is 0 Å². The summed E-state index contributed by atoms with van der Waals surface area (Å²) in [6.45, 7) is 5.20. The minimum absolute atomic E-state index is 0.644. The van der Waals surface area contributed by atoms with Crippen molar-refractivity contribution >= 4 is 17.8 Å². The minimum atomic E-state index is 0.644. The highest BCUT2D eigenvalue weighted by Crippen LogP contribution is 2.23. The van der Waals surface area contributed by atoms with Crippen LogP contribution < -0.4 is 5.73 Å². The molecule has 2 heteroatoms. The van der Waals surface area contributed by atoms with Gasteiger partial charge in [0.2, 0.25) is 0 Å². The Morgan fingerprint density at radius 2 is 1.94 bits per heavy atom. The number of hydrogen-bond donors (Lipinski definition) is 1. The van der Waals surface area contributed by atoms with Gasteiger partial charge in [-0.2, -0.15) is 0 Å². The van der Waals surface area contributed by atoms with Gasteiger partial charge in [-0.3, -0.25) is 0 Å². The molecule has 0 spiro atoms. The van der Waals surface area contributed by atoms with Crippen molar-refractivity contribution < 1.29 is 0 Å². The summed E-state index contributed by atoms with van der Waals surface area (Å²) < 4.78 is 0. The molecule has 0 bridgehead atoms. The Morgan fingerprint density at radius 3 is 2.50 bits per heavy atom. The first kappa shape index (κ1) is 13.3. The molecule has 0 radical (unpaired) electrons. The number of thioether (sulfide) groups is 1. The van der Waals surface area contributed by atoms with E-state index in [4.69, 9.17) is 5.73 Å². The van der Waals surface area contributed by atoms with Crippen molar-refractivity contribution in [2.24, 2.45) is 5.73 Å². The Bertz CT molecular complexity index is 314. The molecule has 0 aliphatic rings. The van der Waals surface area contributed by atoms with Gasteiger partial charge >= 0.3 is 0 Å². The lowest BCUT2D eigenvalue weighted by Gasteiger charge is -2.04. The summed E-state index contributed by atoms with van der Waals surface area (Å²) in [6.07, 6.45) is 6.49. The second-order valence-corrected chi connectivity index (χ2v) is 5.72. The van der Waals surface area contributed by atoms with Crippen LogP contribution in [0, 0.1) is 0 Å². The van der Waals surface area contributed by atoms with E-state index in [9.17, 15) is 0 Å². The van der Waals surface area contributed by atoms with Crippen LogP contribution in [0.5, 0.6) is 0 Å². The highest BCUT2D eigenvalue weighted by Gasteiger charge is 1.96. The second kappa shape index (κ2) is 7.53. The molecule has 0 aliphatic heterocycles. The minimum Gasteiger partial charge on any atom is -0.330 e. The smallest absolute Gasteiger partial charge is 0.00749 e. The number of allylic oxidation sites excluding steroid dienone is 1. The second-order valence-electron chi connectivity index (χ2n) is 4.07. The van der Waals surface area contributed by atoms with Gasteiger partial charge in [0.1, 0.15) is 0 Å². The zero-order valence-electron chi connectivity index (χ0n) is 10.1. The lowest BCUT2D eigenvalue weighted by molar-refractivity contribution is 0.857. The molecule has 0 aliphatic carbocycles. The van der Waals surface area contributed by atoms with Crippen molar-refractivity contribution in [3.8, 4) is 0 Å². The Morgan fingerprint density at radius 1 is 1.25 bits per heavy atom. The molecular formula is C14H21NS. The van der Waals surface area contributed by atoms with Gasteiger partial charge in [0.15, 0.2) is 0 Å². The number of unbranched alkanes of at least 4 members (excludes halogenated alkanes) is 1. The van der Waals surface area contributed by atoms with Gasteiger partial charge in [0.25, 0.3) is 0 Å². The van der Waals surface area contributed by atoms with Gasteiger partial charge in [-0.1, -0.05) is 38.1 Å². The van der Waals surface area contributed by atoms with Crippen LogP contribution in [0.25, 0.3) is 6.08 Å². The van der Waals surface area contributed by atoms with Crippen LogP contribution in [0.1, 0.15) is 32.3 Å². The zero-order chi connectivity index (χ0) is 11.8. The summed E-state index contributed by atoms with van der Waals surface area (Å²) >= 11 is 1.90. The first-order chi connectivity index (χ1) is 7.72. The summed E-state index contributed by atoms with van der Waals surface area (Å²) in [6, 6.07) is 8.72. The molecule has 2 N–H and O–H groups in total. The molecule has 1 nitrogen and oxygen atoms in total. The maximum Gasteiger partial charge on any atom is 0.00749 e. The average Bonchev–Trinajstić information content (AvgIpc) is 2.26. The third-order valence-electron chi connectivity index (χ3n) is 2.14. The van der Waals surface area contributed by atoms with Gasteiger partial charge in [-0.05, 0) is 37.1 Å². The summed E-state index contributed by atoms with van der Waals surface area (Å²) in [5.74, 6) is 0. The molecule has 0 fully saturated rings. The number of hydrogen-bond acceptors (Lipinski definition) is 2. The molecule has 88 valence electrons. The molecule has 0 atom stereocenters. The van der Waals surface area contributed by atoms with Gasteiger partial charge in [-0.15, -0.1) is 11.8 Å². The first-order valence-corrected chi connectivity index (χ1v) is 6.73. The SMILES string of the molecule is CC(C)Sc1ccc(/C=C/CCCN)cc1. The van der Waals surface area contributed by atoms with Crippen LogP contribution in [0.4, 0.5) is 0 Å². The summed E-state index contributed by atoms with van der Waals surface area (Å²) in [5.41, 5.74) is 6.71. The largest absolute Gasteiger partial charge is 0.330 e. The standard InChI is InChI=1S/C14H21NS/c1-12(2)16-14-9-7-13(8-10-14)6-4-3-5-11-15/h4,6-10,12H,3,5,11,15H2,1-2H3/b6-4+. The van der Waals surface area contributed by atoms with E-state index >= 15 is 0 Å². The normalized spacial score (nSPS) is 11.5. The molecule has 1 aromatic rings. The fraction of sp³-hybridized carbons (Fsp3) is 0.429. The predicted octanol–water partition coefficient (Wildman–Crippen LogP) is 3.94. The molecule has 1 rings (SSSR count). The Labute approximate surface area is 103 Å². The summed E-state index contributed by atoms with van der Waals surface area (Å²) in [7, 11) is 0. The van der Waals surface area contributed by atoms with Crippen LogP contribution in [0.15, 0.2) is 35.2 Å². The third kappa shape index (κ3) is 5.38. The Balaban J connectivity index is 2.47. The summed E-state index contributed by atoms with van der Waals surface area (Å²) in [4.78, 5) is 1.34. The first-order valence-electron chi connectivity index (χ1n) is 5.85. The van der Waals surface area contributed by atoms with Crippen molar-refractivity contribution in [3.05, 3.63) is 35.9 Å². The molecule has 0 heterocycles. The van der Waals surface area contributed by atoms with E-state index in [2.05, 4.69) is 50.3 Å². The number of benzene rings is 1. The highest BCUT2D eigenvalue weighted by atomic mass is 32.2. The van der Waals surface area contributed by atoms with Crippen molar-refractivity contribution in [1.82, 2.24) is 0 Å². The molecule has 0 saturated carbocycles. The van der Waals surface area contributed by atoms with E-state index in [-0.39, 0.29) is 0 Å². The Hall–Kier alpha value is -0.730. The van der Waals surface area contributed by atoms with Gasteiger partial charge < -0.3 is 5.73 Å². The van der Waals surface area contributed by atoms with E-state index in [0.29, 0.717) is 5.25 Å². The van der Waals surface area contributed by atoms with Crippen LogP contribution in [-0.2, 0) is 0 Å². The van der Waals surface area contributed by atoms with E-state index in [1.165, 1.54) is 10.5 Å². The maximum atomic E-state index is 5.44. The average molecular weight is 235 g/mol. The highest BCUT2D eigenvalue weighted by molar-refractivity contribution is 7.99. The molecule has 0 aromatic heterocycles. The fourth-order valence-electron chi connectivity index (χ4n) is 1.38. The maximum absolute atomic E-state index is 5.44. The molecule has 0 saturated heterocycles. The van der Waals surface area contributed by atoms with Crippen LogP contribution in [0.2, 0.25) is 0 Å². The van der Waals surface area contributed by atoms with E-state index in [0.717, 1.165) is 19.4 Å². The number of nitrogens with two attached hydrogens (primary N) is 1. The monoisotopic (exact) mass is 235 g/mol. The molecular weight excluding hydrogens is 214 g/mol. The predicted molar refractivity (Wildman–Crippen MR) is 74.8 cm³/mol. The van der Waals surface area contributed by atoms with Gasteiger partial charge in [-0.25, -0.2) is 0 Å². The Kier molecular flexibility index (Phi) is 6.27.